The summed E-state index contributed by atoms with van der Waals surface area (Å²) in [7, 11) is 2.03. The van der Waals surface area contributed by atoms with Gasteiger partial charge in [0.15, 0.2) is 5.96 Å². The lowest BCUT2D eigenvalue weighted by Crippen LogP contribution is -2.34. The van der Waals surface area contributed by atoms with Gasteiger partial charge in [-0.15, -0.1) is 0 Å². The van der Waals surface area contributed by atoms with Crippen LogP contribution in [0.4, 0.5) is 5.69 Å². The summed E-state index contributed by atoms with van der Waals surface area (Å²) in [5.41, 5.74) is 15.8. The highest BCUT2D eigenvalue weighted by atomic mass is 15.2. The Morgan fingerprint density at radius 1 is 0.842 bits per heavy atom. The van der Waals surface area contributed by atoms with E-state index >= 15 is 0 Å². The number of hydrogen-bond donors (Lipinski definition) is 1. The van der Waals surface area contributed by atoms with Gasteiger partial charge in [0.2, 0.25) is 0 Å². The maximum absolute atomic E-state index is 6.78. The first kappa shape index (κ1) is 26.0. The molecule has 3 heteroatoms. The van der Waals surface area contributed by atoms with E-state index in [2.05, 4.69) is 113 Å². The maximum atomic E-state index is 6.78. The Balaban J connectivity index is 1.55. The Bertz CT molecular complexity index is 1450. The van der Waals surface area contributed by atoms with Crippen molar-refractivity contribution in [3.05, 3.63) is 112 Å². The smallest absolute Gasteiger partial charge is 0.196 e. The molecule has 3 nitrogen and oxygen atoms in total. The van der Waals surface area contributed by atoms with E-state index in [1.54, 1.807) is 0 Å². The molecule has 0 fully saturated rings. The van der Waals surface area contributed by atoms with Crippen molar-refractivity contribution in [1.29, 1.82) is 0 Å². The largest absolute Gasteiger partial charge is 0.369 e. The van der Waals surface area contributed by atoms with Crippen LogP contribution in [0.3, 0.4) is 0 Å². The predicted octanol–water partition coefficient (Wildman–Crippen LogP) is 8.29. The number of guanidine groups is 1. The van der Waals surface area contributed by atoms with Crippen LogP contribution < -0.4 is 10.6 Å². The summed E-state index contributed by atoms with van der Waals surface area (Å²) in [4.78, 5) is 7.21. The third-order valence-electron chi connectivity index (χ3n) is 8.35. The molecule has 196 valence electrons. The molecule has 0 aromatic heterocycles. The van der Waals surface area contributed by atoms with Gasteiger partial charge in [-0.25, -0.2) is 4.99 Å². The molecule has 4 aromatic rings. The summed E-state index contributed by atoms with van der Waals surface area (Å²) in [5, 5.41) is 2.64. The van der Waals surface area contributed by atoms with Gasteiger partial charge in [0.05, 0.1) is 5.69 Å². The number of anilines is 1. The first-order valence-corrected chi connectivity index (χ1v) is 14.0. The normalized spacial score (nSPS) is 15.1. The average molecular weight is 504 g/mol. The van der Waals surface area contributed by atoms with E-state index in [1.165, 1.54) is 33.0 Å². The highest BCUT2D eigenvalue weighted by Gasteiger charge is 2.21. The molecule has 0 aliphatic heterocycles. The Hall–Kier alpha value is -3.59. The molecule has 1 aliphatic carbocycles. The third-order valence-corrected chi connectivity index (χ3v) is 8.35. The SMILES string of the molecule is CCC(C)c1ccc(C(N=C(N)N(C)c2ccc3c4c(cccc24)CC3)c2ccc(C(C)(C)C)cc2)cc1. The molecule has 0 amide bonds. The summed E-state index contributed by atoms with van der Waals surface area (Å²) in [6.07, 6.45) is 3.35. The van der Waals surface area contributed by atoms with E-state index in [-0.39, 0.29) is 11.5 Å². The minimum Gasteiger partial charge on any atom is -0.369 e. The molecule has 4 aromatic carbocycles. The van der Waals surface area contributed by atoms with Crippen LogP contribution in [0.5, 0.6) is 0 Å². The van der Waals surface area contributed by atoms with Gasteiger partial charge < -0.3 is 10.6 Å². The summed E-state index contributed by atoms with van der Waals surface area (Å²) in [6, 6.07) is 28.7. The number of nitrogens with zero attached hydrogens (tertiary/aromatic N) is 2. The van der Waals surface area contributed by atoms with E-state index in [1.807, 2.05) is 11.9 Å². The highest BCUT2D eigenvalue weighted by molar-refractivity contribution is 6.06. The van der Waals surface area contributed by atoms with Crippen LogP contribution in [-0.4, -0.2) is 13.0 Å². The van der Waals surface area contributed by atoms with Crippen LogP contribution in [0.15, 0.2) is 83.9 Å². The van der Waals surface area contributed by atoms with Gasteiger partial charge in [-0.2, -0.15) is 0 Å². The first-order valence-electron chi connectivity index (χ1n) is 14.0. The highest BCUT2D eigenvalue weighted by Crippen LogP contribution is 2.37. The van der Waals surface area contributed by atoms with Crippen molar-refractivity contribution in [1.82, 2.24) is 0 Å². The molecule has 0 spiro atoms. The average Bonchev–Trinajstić information content (AvgIpc) is 3.35. The Kier molecular flexibility index (Phi) is 7.05. The van der Waals surface area contributed by atoms with Crippen LogP contribution >= 0.6 is 0 Å². The Morgan fingerprint density at radius 3 is 2.03 bits per heavy atom. The molecule has 0 saturated heterocycles. The van der Waals surface area contributed by atoms with Crippen LogP contribution in [0.25, 0.3) is 10.8 Å². The van der Waals surface area contributed by atoms with E-state index < -0.39 is 0 Å². The molecule has 0 bridgehead atoms. The molecule has 1 aliphatic rings. The summed E-state index contributed by atoms with van der Waals surface area (Å²) in [6.45, 7) is 11.3. The molecule has 38 heavy (non-hydrogen) atoms. The van der Waals surface area contributed by atoms with Crippen molar-refractivity contribution >= 4 is 22.4 Å². The fourth-order valence-corrected chi connectivity index (χ4v) is 5.62. The molecule has 0 saturated carbocycles. The number of nitrogens with two attached hydrogens (primary N) is 1. The second kappa shape index (κ2) is 10.3. The van der Waals surface area contributed by atoms with Gasteiger partial charge in [-0.3, -0.25) is 0 Å². The number of benzene rings is 4. The van der Waals surface area contributed by atoms with E-state index in [0.717, 1.165) is 36.1 Å². The van der Waals surface area contributed by atoms with Crippen molar-refractivity contribution in [3.8, 4) is 0 Å². The van der Waals surface area contributed by atoms with Crippen LogP contribution in [-0.2, 0) is 18.3 Å². The minimum absolute atomic E-state index is 0.101. The lowest BCUT2D eigenvalue weighted by molar-refractivity contribution is 0.589. The standard InChI is InChI=1S/C35H41N3/c1-7-23(2)24-11-15-27(16-12-24)33(28-17-20-29(21-18-28)35(3,4)5)37-34(36)38(6)31-22-19-26-14-13-25-9-8-10-30(31)32(25)26/h8-12,15-23,33H,7,13-14H2,1-6H3,(H2,36,37). The topological polar surface area (TPSA) is 41.6 Å². The maximum Gasteiger partial charge on any atom is 0.196 e. The van der Waals surface area contributed by atoms with Crippen LogP contribution in [0, 0.1) is 0 Å². The Labute approximate surface area is 228 Å². The van der Waals surface area contributed by atoms with Gasteiger partial charge >= 0.3 is 0 Å². The fourth-order valence-electron chi connectivity index (χ4n) is 5.62. The summed E-state index contributed by atoms with van der Waals surface area (Å²) >= 11 is 0. The van der Waals surface area contributed by atoms with Gasteiger partial charge in [-0.1, -0.05) is 107 Å². The zero-order valence-corrected chi connectivity index (χ0v) is 23.8. The lowest BCUT2D eigenvalue weighted by atomic mass is 9.85. The second-order valence-electron chi connectivity index (χ2n) is 11.9. The zero-order chi connectivity index (χ0) is 27.0. The predicted molar refractivity (Wildman–Crippen MR) is 164 cm³/mol. The molecule has 2 atom stereocenters. The molecular weight excluding hydrogens is 462 g/mol. The van der Waals surface area contributed by atoms with Crippen LogP contribution in [0.2, 0.25) is 0 Å². The monoisotopic (exact) mass is 503 g/mol. The van der Waals surface area contributed by atoms with Crippen molar-refractivity contribution in [3.63, 3.8) is 0 Å². The van der Waals surface area contributed by atoms with E-state index in [9.17, 15) is 0 Å². The van der Waals surface area contributed by atoms with Crippen molar-refractivity contribution in [2.24, 2.45) is 10.7 Å². The Morgan fingerprint density at radius 2 is 1.42 bits per heavy atom. The minimum atomic E-state index is -0.186. The molecule has 5 rings (SSSR count). The van der Waals surface area contributed by atoms with E-state index in [4.69, 9.17) is 10.7 Å². The number of hydrogen-bond acceptors (Lipinski definition) is 1. The summed E-state index contributed by atoms with van der Waals surface area (Å²) in [5.74, 6) is 1.05. The molecule has 2 unspecified atom stereocenters. The number of aliphatic imine (C=N–C) groups is 1. The molecule has 0 heterocycles. The molecular formula is C35H41N3. The quantitative estimate of drug-likeness (QED) is 0.212. The van der Waals surface area contributed by atoms with Gasteiger partial charge in [0.1, 0.15) is 6.04 Å². The zero-order valence-electron chi connectivity index (χ0n) is 23.8. The number of rotatable bonds is 6. The van der Waals surface area contributed by atoms with Crippen molar-refractivity contribution in [2.75, 3.05) is 11.9 Å². The van der Waals surface area contributed by atoms with Gasteiger partial charge in [-0.05, 0) is 75.4 Å². The molecule has 0 radical (unpaired) electrons. The summed E-state index contributed by atoms with van der Waals surface area (Å²) < 4.78 is 0. The van der Waals surface area contributed by atoms with Gasteiger partial charge in [0, 0.05) is 12.4 Å². The first-order chi connectivity index (χ1) is 18.2. The van der Waals surface area contributed by atoms with Gasteiger partial charge in [0.25, 0.3) is 0 Å². The molecule has 2 N–H and O–H groups in total. The van der Waals surface area contributed by atoms with Crippen molar-refractivity contribution < 1.29 is 0 Å². The third kappa shape index (κ3) is 4.95. The van der Waals surface area contributed by atoms with Crippen LogP contribution in [0.1, 0.15) is 86.4 Å². The van der Waals surface area contributed by atoms with E-state index in [0.29, 0.717) is 11.9 Å². The van der Waals surface area contributed by atoms with Crippen molar-refractivity contribution in [2.45, 2.75) is 71.3 Å². The number of aryl methyl sites for hydroxylation is 2. The lowest BCUT2D eigenvalue weighted by Gasteiger charge is -2.24. The second-order valence-corrected chi connectivity index (χ2v) is 11.9. The fraction of sp³-hybridized carbons (Fsp3) is 0.343.